The third kappa shape index (κ3) is 9.86. The van der Waals surface area contributed by atoms with Crippen LogP contribution in [-0.2, 0) is 9.53 Å². The minimum atomic E-state index is -0.949. The predicted octanol–water partition coefficient (Wildman–Crippen LogP) is -0.225. The van der Waals surface area contributed by atoms with Gasteiger partial charge in [0.25, 0.3) is 0 Å². The van der Waals surface area contributed by atoms with Gasteiger partial charge in [0.05, 0.1) is 12.5 Å². The largest absolute Gasteiger partial charge is 0.481 e. The van der Waals surface area contributed by atoms with Gasteiger partial charge in [0.1, 0.15) is 0 Å². The topological polar surface area (TPSA) is 99.7 Å². The number of ether oxygens (including phenoxy) is 1. The van der Waals surface area contributed by atoms with Crippen LogP contribution in [0.4, 0.5) is 4.79 Å². The molecule has 4 N–H and O–H groups in total. The predicted molar refractivity (Wildman–Crippen MR) is 67.6 cm³/mol. The molecule has 0 radical (unpaired) electrons. The first-order chi connectivity index (χ1) is 8.60. The maximum Gasteiger partial charge on any atom is 0.314 e. The Labute approximate surface area is 107 Å². The molecule has 0 aromatic heterocycles. The summed E-state index contributed by atoms with van der Waals surface area (Å²) in [6.07, 6.45) is 0.219. The Bertz CT molecular complexity index is 248. The number of rotatable bonds is 10. The van der Waals surface area contributed by atoms with Crippen molar-refractivity contribution in [2.24, 2.45) is 0 Å². The third-order valence-electron chi connectivity index (χ3n) is 2.29. The normalized spacial score (nSPS) is 11.9. The summed E-state index contributed by atoms with van der Waals surface area (Å²) in [6, 6.07) is -0.307. The first-order valence-electron chi connectivity index (χ1n) is 6.07. The van der Waals surface area contributed by atoms with Crippen LogP contribution in [-0.4, -0.2) is 56.5 Å². The molecule has 18 heavy (non-hydrogen) atoms. The number of hydrogen-bond donors (Lipinski definition) is 4. The molecule has 0 rings (SSSR count). The number of methoxy groups -OCH3 is 1. The van der Waals surface area contributed by atoms with Crippen molar-refractivity contribution in [2.45, 2.75) is 25.9 Å². The Morgan fingerprint density at radius 1 is 1.28 bits per heavy atom. The van der Waals surface area contributed by atoms with Crippen molar-refractivity contribution in [1.29, 1.82) is 0 Å². The van der Waals surface area contributed by atoms with Gasteiger partial charge in [-0.1, -0.05) is 6.92 Å². The molecule has 1 unspecified atom stereocenters. The standard InChI is InChI=1S/C11H23N3O4/c1-3-12-5-4-6-13-11(17)14-8-9(18-2)7-10(15)16/h9,12H,3-8H2,1-2H3,(H,15,16)(H2,13,14,17). The van der Waals surface area contributed by atoms with E-state index in [2.05, 4.69) is 16.0 Å². The Morgan fingerprint density at radius 3 is 2.56 bits per heavy atom. The Morgan fingerprint density at radius 2 is 2.00 bits per heavy atom. The van der Waals surface area contributed by atoms with E-state index in [0.717, 1.165) is 19.5 Å². The van der Waals surface area contributed by atoms with Crippen molar-refractivity contribution in [3.8, 4) is 0 Å². The summed E-state index contributed by atoms with van der Waals surface area (Å²) >= 11 is 0. The Balaban J connectivity index is 3.58. The smallest absolute Gasteiger partial charge is 0.314 e. The number of urea groups is 1. The van der Waals surface area contributed by atoms with Crippen molar-refractivity contribution >= 4 is 12.0 Å². The molecule has 7 nitrogen and oxygen atoms in total. The van der Waals surface area contributed by atoms with Gasteiger partial charge in [-0.3, -0.25) is 4.79 Å². The van der Waals surface area contributed by atoms with Gasteiger partial charge in [-0.2, -0.15) is 0 Å². The van der Waals surface area contributed by atoms with E-state index in [4.69, 9.17) is 9.84 Å². The van der Waals surface area contributed by atoms with Crippen molar-refractivity contribution in [3.63, 3.8) is 0 Å². The molecule has 2 amide bonds. The number of amides is 2. The van der Waals surface area contributed by atoms with Crippen LogP contribution >= 0.6 is 0 Å². The van der Waals surface area contributed by atoms with Crippen LogP contribution in [0.3, 0.4) is 0 Å². The lowest BCUT2D eigenvalue weighted by Crippen LogP contribution is -2.41. The molecule has 0 aliphatic carbocycles. The Hall–Kier alpha value is -1.34. The van der Waals surface area contributed by atoms with Gasteiger partial charge in [-0.05, 0) is 19.5 Å². The van der Waals surface area contributed by atoms with E-state index in [-0.39, 0.29) is 19.0 Å². The second-order valence-electron chi connectivity index (χ2n) is 3.80. The minimum Gasteiger partial charge on any atom is -0.481 e. The van der Waals surface area contributed by atoms with Crippen molar-refractivity contribution in [1.82, 2.24) is 16.0 Å². The monoisotopic (exact) mass is 261 g/mol. The lowest BCUT2D eigenvalue weighted by Gasteiger charge is -2.14. The molecule has 0 aliphatic rings. The molecular weight excluding hydrogens is 238 g/mol. The highest BCUT2D eigenvalue weighted by molar-refractivity contribution is 5.74. The molecule has 0 aromatic rings. The fourth-order valence-electron chi connectivity index (χ4n) is 1.29. The molecule has 106 valence electrons. The van der Waals surface area contributed by atoms with Gasteiger partial charge in [-0.25, -0.2) is 4.79 Å². The number of carbonyl (C=O) groups excluding carboxylic acids is 1. The summed E-state index contributed by atoms with van der Waals surface area (Å²) in [4.78, 5) is 21.8. The zero-order chi connectivity index (χ0) is 13.8. The summed E-state index contributed by atoms with van der Waals surface area (Å²) < 4.78 is 4.94. The van der Waals surface area contributed by atoms with Crippen molar-refractivity contribution < 1.29 is 19.4 Å². The molecule has 0 aromatic carbocycles. The fraction of sp³-hybridized carbons (Fsp3) is 0.818. The van der Waals surface area contributed by atoms with Crippen LogP contribution in [0.2, 0.25) is 0 Å². The van der Waals surface area contributed by atoms with Crippen molar-refractivity contribution in [2.75, 3.05) is 33.3 Å². The van der Waals surface area contributed by atoms with E-state index in [1.165, 1.54) is 7.11 Å². The van der Waals surface area contributed by atoms with Crippen LogP contribution in [0.15, 0.2) is 0 Å². The zero-order valence-corrected chi connectivity index (χ0v) is 11.0. The van der Waals surface area contributed by atoms with E-state index in [1.54, 1.807) is 0 Å². The summed E-state index contributed by atoms with van der Waals surface area (Å²) in [7, 11) is 1.42. The highest BCUT2D eigenvalue weighted by Crippen LogP contribution is 1.95. The number of aliphatic carboxylic acids is 1. The summed E-state index contributed by atoms with van der Waals surface area (Å²) in [5.41, 5.74) is 0. The van der Waals surface area contributed by atoms with E-state index in [0.29, 0.717) is 6.54 Å². The van der Waals surface area contributed by atoms with E-state index in [9.17, 15) is 9.59 Å². The summed E-state index contributed by atoms with van der Waals surface area (Å²) in [5.74, 6) is -0.949. The highest BCUT2D eigenvalue weighted by Gasteiger charge is 2.13. The number of carboxylic acid groups (broad SMARTS) is 1. The maximum absolute atomic E-state index is 11.3. The first kappa shape index (κ1) is 16.7. The van der Waals surface area contributed by atoms with Gasteiger partial charge in [-0.15, -0.1) is 0 Å². The number of carbonyl (C=O) groups is 2. The third-order valence-corrected chi connectivity index (χ3v) is 2.29. The molecule has 0 aliphatic heterocycles. The van der Waals surface area contributed by atoms with Gasteiger partial charge in [0.2, 0.25) is 0 Å². The lowest BCUT2D eigenvalue weighted by atomic mass is 10.2. The van der Waals surface area contributed by atoms with E-state index in [1.807, 2.05) is 6.92 Å². The van der Waals surface area contributed by atoms with Crippen LogP contribution in [0.1, 0.15) is 19.8 Å². The molecule has 0 saturated carbocycles. The minimum absolute atomic E-state index is 0.128. The van der Waals surface area contributed by atoms with Gasteiger partial charge < -0.3 is 25.8 Å². The van der Waals surface area contributed by atoms with Crippen LogP contribution < -0.4 is 16.0 Å². The fourth-order valence-corrected chi connectivity index (χ4v) is 1.29. The molecule has 0 heterocycles. The van der Waals surface area contributed by atoms with Gasteiger partial charge in [0.15, 0.2) is 0 Å². The zero-order valence-electron chi connectivity index (χ0n) is 11.0. The number of nitrogens with one attached hydrogen (secondary N) is 3. The molecule has 7 heteroatoms. The van der Waals surface area contributed by atoms with Crippen LogP contribution in [0.5, 0.6) is 0 Å². The van der Waals surface area contributed by atoms with E-state index < -0.39 is 12.1 Å². The molecule has 1 atom stereocenters. The summed E-state index contributed by atoms with van der Waals surface area (Å²) in [5, 5.41) is 17.0. The quantitative estimate of drug-likeness (QED) is 0.407. The SMILES string of the molecule is CCNCCCNC(=O)NCC(CC(=O)O)OC. The van der Waals surface area contributed by atoms with Gasteiger partial charge >= 0.3 is 12.0 Å². The molecule has 0 fully saturated rings. The molecule has 0 saturated heterocycles. The second kappa shape index (κ2) is 10.8. The highest BCUT2D eigenvalue weighted by atomic mass is 16.5. The Kier molecular flexibility index (Phi) is 9.99. The molecular formula is C11H23N3O4. The van der Waals surface area contributed by atoms with Crippen molar-refractivity contribution in [3.05, 3.63) is 0 Å². The average Bonchev–Trinajstić information content (AvgIpc) is 2.33. The summed E-state index contributed by atoms with van der Waals surface area (Å²) in [6.45, 7) is 4.55. The number of hydrogen-bond acceptors (Lipinski definition) is 4. The van der Waals surface area contributed by atoms with Crippen LogP contribution in [0.25, 0.3) is 0 Å². The van der Waals surface area contributed by atoms with Gasteiger partial charge in [0, 0.05) is 20.2 Å². The maximum atomic E-state index is 11.3. The molecule has 0 spiro atoms. The second-order valence-corrected chi connectivity index (χ2v) is 3.80. The first-order valence-corrected chi connectivity index (χ1v) is 6.07. The lowest BCUT2D eigenvalue weighted by molar-refractivity contribution is -0.139. The van der Waals surface area contributed by atoms with E-state index >= 15 is 0 Å². The molecule has 0 bridgehead atoms. The average molecular weight is 261 g/mol. The number of carboxylic acids is 1. The van der Waals surface area contributed by atoms with Crippen LogP contribution in [0, 0.1) is 0 Å².